The van der Waals surface area contributed by atoms with E-state index in [9.17, 15) is 31.2 Å². The fraction of sp³-hybridized carbons (Fsp3) is 0.333. The van der Waals surface area contributed by atoms with Gasteiger partial charge in [-0.1, -0.05) is 11.6 Å². The van der Waals surface area contributed by atoms with Crippen LogP contribution in [-0.2, 0) is 30.9 Å². The molecule has 1 aromatic carbocycles. The molecule has 13 heteroatoms. The lowest BCUT2D eigenvalue weighted by atomic mass is 9.94. The first-order valence-corrected chi connectivity index (χ1v) is 8.20. The average Bonchev–Trinajstić information content (AvgIpc) is 2.52. The van der Waals surface area contributed by atoms with Crippen molar-refractivity contribution in [3.63, 3.8) is 0 Å². The number of rotatable bonds is 8. The zero-order valence-electron chi connectivity index (χ0n) is 12.5. The number of ether oxygens (including phenoxy) is 1. The second-order valence-corrected chi connectivity index (χ2v) is 6.43. The van der Waals surface area contributed by atoms with Gasteiger partial charge in [0.05, 0.1) is 13.3 Å². The van der Waals surface area contributed by atoms with E-state index in [2.05, 4.69) is 14.1 Å². The van der Waals surface area contributed by atoms with Crippen LogP contribution in [0.1, 0.15) is 5.56 Å². The quantitative estimate of drug-likeness (QED) is 0.229. The molecule has 0 saturated heterocycles. The minimum atomic E-state index is -5.85. The van der Waals surface area contributed by atoms with Crippen molar-refractivity contribution < 1.29 is 40.1 Å². The summed E-state index contributed by atoms with van der Waals surface area (Å²) in [5.41, 5.74) is -5.50. The third-order valence-electron chi connectivity index (χ3n) is 2.78. The topological polar surface area (TPSA) is 98.8 Å². The van der Waals surface area contributed by atoms with Crippen molar-refractivity contribution in [2.75, 3.05) is 7.11 Å². The number of carbonyl (C=O) groups excluding carboxylic acids is 2. The van der Waals surface area contributed by atoms with Crippen LogP contribution in [0.3, 0.4) is 0 Å². The highest BCUT2D eigenvalue weighted by molar-refractivity contribution is 7.88. The first-order valence-electron chi connectivity index (χ1n) is 6.42. The molecule has 0 unspecified atom stereocenters. The highest BCUT2D eigenvalue weighted by Gasteiger charge is 2.48. The van der Waals surface area contributed by atoms with Crippen molar-refractivity contribution >= 4 is 41.3 Å². The molecule has 0 aliphatic heterocycles. The molecule has 0 fully saturated rings. The van der Waals surface area contributed by atoms with Crippen LogP contribution in [0.4, 0.5) is 13.2 Å². The number of esters is 1. The second-order valence-electron chi connectivity index (χ2n) is 4.49. The zero-order chi connectivity index (χ0) is 19.3. The van der Waals surface area contributed by atoms with E-state index in [1.807, 2.05) is 0 Å². The number of hydrogen-bond donors (Lipinski definition) is 1. The van der Waals surface area contributed by atoms with E-state index in [0.717, 1.165) is 32.7 Å². The van der Waals surface area contributed by atoms with Crippen molar-refractivity contribution in [2.24, 2.45) is 0 Å². The fourth-order valence-electron chi connectivity index (χ4n) is 1.66. The molecule has 137 valence electrons. The van der Waals surface area contributed by atoms with Gasteiger partial charge in [0.15, 0.2) is 0 Å². The van der Waals surface area contributed by atoms with Gasteiger partial charge in [0.1, 0.15) is 11.8 Å². The van der Waals surface area contributed by atoms with E-state index in [1.165, 1.54) is 0 Å². The van der Waals surface area contributed by atoms with Crippen LogP contribution in [0, 0.1) is 0 Å². The summed E-state index contributed by atoms with van der Waals surface area (Å²) in [5.74, 6) is -1.41. The first-order chi connectivity index (χ1) is 11.5. The summed E-state index contributed by atoms with van der Waals surface area (Å²) in [6, 6.07) is 1.88. The van der Waals surface area contributed by atoms with Gasteiger partial charge in [-0.3, -0.25) is 4.79 Å². The van der Waals surface area contributed by atoms with Crippen LogP contribution in [0.15, 0.2) is 18.2 Å². The van der Waals surface area contributed by atoms with E-state index in [4.69, 9.17) is 11.6 Å². The number of nitrogens with one attached hydrogen (secondary N) is 1. The summed E-state index contributed by atoms with van der Waals surface area (Å²) < 4.78 is 67.6. The molecule has 1 radical (unpaired) electrons. The Labute approximate surface area is 146 Å². The Bertz CT molecular complexity index is 743. The van der Waals surface area contributed by atoms with Gasteiger partial charge in [-0.15, -0.1) is 0 Å². The molecule has 0 aliphatic rings. The molecule has 1 rings (SSSR count). The lowest BCUT2D eigenvalue weighted by molar-refractivity contribution is -0.142. The molecule has 0 bridgehead atoms. The predicted octanol–water partition coefficient (Wildman–Crippen LogP) is 1.05. The van der Waals surface area contributed by atoms with E-state index >= 15 is 0 Å². The van der Waals surface area contributed by atoms with E-state index < -0.39 is 33.4 Å². The van der Waals surface area contributed by atoms with Gasteiger partial charge < -0.3 is 18.9 Å². The van der Waals surface area contributed by atoms with E-state index in [0.29, 0.717) is 6.19 Å². The number of hydrogen-bond acceptors (Lipinski definition) is 7. The van der Waals surface area contributed by atoms with Crippen LogP contribution in [0.2, 0.25) is 5.02 Å². The maximum atomic E-state index is 12.4. The molecule has 0 amide bonds. The lowest BCUT2D eigenvalue weighted by Gasteiger charge is -2.16. The minimum absolute atomic E-state index is 0.0403. The molecule has 25 heavy (non-hydrogen) atoms. The Morgan fingerprint density at radius 1 is 1.44 bits per heavy atom. The largest absolute Gasteiger partial charge is 0.534 e. The number of alkyl halides is 3. The molecule has 0 heterocycles. The lowest BCUT2D eigenvalue weighted by Crippen LogP contribution is -2.42. The zero-order valence-corrected chi connectivity index (χ0v) is 14.1. The van der Waals surface area contributed by atoms with E-state index in [-0.39, 0.29) is 17.0 Å². The van der Waals surface area contributed by atoms with Crippen LogP contribution in [0.25, 0.3) is 0 Å². The summed E-state index contributed by atoms with van der Waals surface area (Å²) in [7, 11) is -3.83. The Hall–Kier alpha value is -1.79. The molecule has 1 aromatic rings. The van der Waals surface area contributed by atoms with Gasteiger partial charge >= 0.3 is 21.6 Å². The van der Waals surface area contributed by atoms with Gasteiger partial charge in [0.2, 0.25) is 0 Å². The van der Waals surface area contributed by atoms with Gasteiger partial charge in [-0.25, -0.2) is 0 Å². The Morgan fingerprint density at radius 2 is 2.08 bits per heavy atom. The Morgan fingerprint density at radius 3 is 2.60 bits per heavy atom. The summed E-state index contributed by atoms with van der Waals surface area (Å²) in [6.45, 7) is 0. The molecule has 7 nitrogen and oxygen atoms in total. The van der Waals surface area contributed by atoms with Gasteiger partial charge in [0, 0.05) is 5.02 Å². The molecule has 0 aliphatic carbocycles. The number of benzene rings is 1. The third kappa shape index (κ3) is 5.90. The standard InChI is InChI=1S/C12H11BClF3NO6S/c1-23-11(20)10(18-13-6-19)5-7-4-8(2-3-9(7)14)24-25(21,22)12(15,16)17/h2-4,6,10,18H,5H2,1H3/t10-/m0/s1. The molecule has 0 saturated carbocycles. The molecule has 1 N–H and O–H groups in total. The Balaban J connectivity index is 3.08. The van der Waals surface area contributed by atoms with Crippen LogP contribution < -0.4 is 9.41 Å². The van der Waals surface area contributed by atoms with Crippen LogP contribution in [-0.4, -0.2) is 46.6 Å². The predicted molar refractivity (Wildman–Crippen MR) is 82.2 cm³/mol. The Kier molecular flexibility index (Phi) is 7.26. The van der Waals surface area contributed by atoms with Gasteiger partial charge in [-0.2, -0.15) is 21.6 Å². The van der Waals surface area contributed by atoms with Crippen LogP contribution >= 0.6 is 11.6 Å². The fourth-order valence-corrected chi connectivity index (χ4v) is 2.31. The molecular weight excluding hydrogens is 389 g/mol. The summed E-state index contributed by atoms with van der Waals surface area (Å²) >= 11 is 5.90. The monoisotopic (exact) mass is 400 g/mol. The highest BCUT2D eigenvalue weighted by atomic mass is 35.5. The van der Waals surface area contributed by atoms with Gasteiger partial charge in [0.25, 0.3) is 7.41 Å². The maximum absolute atomic E-state index is 12.4. The number of halogens is 4. The smallest absolute Gasteiger partial charge is 0.468 e. The normalized spacial score (nSPS) is 13.0. The summed E-state index contributed by atoms with van der Waals surface area (Å²) in [6.07, 6.45) is 0.159. The molecule has 1 atom stereocenters. The van der Waals surface area contributed by atoms with Crippen molar-refractivity contribution in [1.82, 2.24) is 5.23 Å². The third-order valence-corrected chi connectivity index (χ3v) is 4.13. The average molecular weight is 401 g/mol. The SMILES string of the molecule is COC(=O)[C@H](Cc1cc(OS(=O)(=O)C(F)(F)F)ccc1Cl)N[B]C=O. The number of methoxy groups -OCH3 is 1. The number of carbonyl (C=O) groups is 2. The molecular formula is C12H11BClF3NO6S. The van der Waals surface area contributed by atoms with Gasteiger partial charge in [-0.05, 0) is 30.2 Å². The second kappa shape index (κ2) is 8.54. The highest BCUT2D eigenvalue weighted by Crippen LogP contribution is 2.29. The minimum Gasteiger partial charge on any atom is -0.468 e. The maximum Gasteiger partial charge on any atom is 0.534 e. The molecule has 0 spiro atoms. The summed E-state index contributed by atoms with van der Waals surface area (Å²) in [5, 5.41) is 2.46. The van der Waals surface area contributed by atoms with Crippen molar-refractivity contribution in [3.05, 3.63) is 28.8 Å². The van der Waals surface area contributed by atoms with E-state index in [1.54, 1.807) is 0 Å². The molecule has 0 aromatic heterocycles. The van der Waals surface area contributed by atoms with Crippen molar-refractivity contribution in [1.29, 1.82) is 0 Å². The summed E-state index contributed by atoms with van der Waals surface area (Å²) in [4.78, 5) is 22.0. The van der Waals surface area contributed by atoms with Crippen LogP contribution in [0.5, 0.6) is 5.75 Å². The van der Waals surface area contributed by atoms with Crippen molar-refractivity contribution in [2.45, 2.75) is 18.0 Å². The van der Waals surface area contributed by atoms with Crippen molar-refractivity contribution in [3.8, 4) is 5.75 Å². The first kappa shape index (κ1) is 21.3.